The number of aromatic nitrogens is 1. The molecule has 0 radical (unpaired) electrons. The van der Waals surface area contributed by atoms with E-state index in [-0.39, 0.29) is 50.8 Å². The van der Waals surface area contributed by atoms with Crippen molar-refractivity contribution in [3.8, 4) is 17.2 Å². The summed E-state index contributed by atoms with van der Waals surface area (Å²) in [6.07, 6.45) is 3.67. The van der Waals surface area contributed by atoms with Crippen LogP contribution in [0.5, 0.6) is 17.2 Å². The van der Waals surface area contributed by atoms with E-state index in [1.54, 1.807) is 41.6 Å². The second kappa shape index (κ2) is 19.5. The van der Waals surface area contributed by atoms with Gasteiger partial charge in [0.05, 0.1) is 18.6 Å². The van der Waals surface area contributed by atoms with E-state index in [9.17, 15) is 4.79 Å². The van der Waals surface area contributed by atoms with Crippen molar-refractivity contribution in [1.29, 1.82) is 0 Å². The third kappa shape index (κ3) is 9.38. The summed E-state index contributed by atoms with van der Waals surface area (Å²) in [6, 6.07) is 42.5. The molecule has 5 aromatic carbocycles. The third-order valence-corrected chi connectivity index (χ3v) is 13.3. The summed E-state index contributed by atoms with van der Waals surface area (Å²) < 4.78 is 53.4. The fraction of sp³-hybridized carbons (Fsp3) is 0.245. The van der Waals surface area contributed by atoms with Crippen molar-refractivity contribution >= 4 is 22.0 Å². The Hall–Kier alpha value is -6.74. The number of hydrogen-bond donors (Lipinski definition) is 1. The molecule has 1 fully saturated rings. The maximum Gasteiger partial charge on any atom is 0.409 e. The number of carbonyl (C=O) groups excluding carboxylic acids is 2. The van der Waals surface area contributed by atoms with Crippen LogP contribution < -0.4 is 19.7 Å². The monoisotopic (exact) mass is 868 g/mol. The molecule has 1 saturated heterocycles. The third-order valence-electron chi connectivity index (χ3n) is 11.5. The average Bonchev–Trinajstić information content (AvgIpc) is 3.83. The largest absolute Gasteiger partial charge is 0.497 e. The van der Waals surface area contributed by atoms with Gasteiger partial charge in [0.2, 0.25) is 16.8 Å². The lowest BCUT2D eigenvalue weighted by atomic mass is 9.80. The molecular weight excluding hydrogens is 821 g/mol. The summed E-state index contributed by atoms with van der Waals surface area (Å²) in [7, 11) is -2.88. The molecular formula is C49H48N4O9S. The minimum absolute atomic E-state index is 0.0229. The number of nitrogens with zero attached hydrogens (tertiary/aromatic N) is 3. The number of ether oxygens (including phenoxy) is 4. The number of hydrogen-bond acceptors (Lipinski definition) is 10. The van der Waals surface area contributed by atoms with Crippen molar-refractivity contribution in [1.82, 2.24) is 19.7 Å². The van der Waals surface area contributed by atoms with Crippen molar-refractivity contribution in [2.75, 3.05) is 33.6 Å². The van der Waals surface area contributed by atoms with Crippen molar-refractivity contribution < 1.29 is 41.8 Å². The molecule has 3 heterocycles. The molecule has 8 rings (SSSR count). The number of fused-ring (bicyclic) bond motifs is 1. The van der Waals surface area contributed by atoms with Crippen molar-refractivity contribution in [2.24, 2.45) is 5.92 Å². The van der Waals surface area contributed by atoms with Gasteiger partial charge < -0.3 is 23.8 Å². The van der Waals surface area contributed by atoms with E-state index in [0.29, 0.717) is 29.2 Å². The van der Waals surface area contributed by atoms with Crippen molar-refractivity contribution in [3.63, 3.8) is 0 Å². The van der Waals surface area contributed by atoms with Crippen molar-refractivity contribution in [2.45, 2.75) is 42.3 Å². The summed E-state index contributed by atoms with van der Waals surface area (Å²) in [5.74, 6) is 0.553. The van der Waals surface area contributed by atoms with E-state index < -0.39 is 39.6 Å². The molecule has 1 aromatic heterocycles. The highest BCUT2D eigenvalue weighted by Crippen LogP contribution is 2.41. The Kier molecular flexibility index (Phi) is 13.3. The second-order valence-corrected chi connectivity index (χ2v) is 17.1. The van der Waals surface area contributed by atoms with E-state index in [1.807, 2.05) is 109 Å². The first-order chi connectivity index (χ1) is 30.8. The number of pyridine rings is 1. The van der Waals surface area contributed by atoms with Gasteiger partial charge in [0.15, 0.2) is 17.1 Å². The first-order valence-electron chi connectivity index (χ1n) is 20.8. The Bertz CT molecular complexity index is 2460. The topological polar surface area (TPSA) is 146 Å². The maximum atomic E-state index is 15.3. The smallest absolute Gasteiger partial charge is 0.409 e. The summed E-state index contributed by atoms with van der Waals surface area (Å²) >= 11 is 0. The number of nitrogens with one attached hydrogen (secondary N) is 1. The molecule has 0 saturated carbocycles. The van der Waals surface area contributed by atoms with Gasteiger partial charge in [0.1, 0.15) is 11.8 Å². The highest BCUT2D eigenvalue weighted by atomic mass is 32.2. The number of methoxy groups -OCH3 is 1. The highest BCUT2D eigenvalue weighted by molar-refractivity contribution is 7.89. The molecule has 6 aromatic rings. The van der Waals surface area contributed by atoms with Gasteiger partial charge in [0.25, 0.3) is 5.91 Å². The van der Waals surface area contributed by atoms with Crippen LogP contribution in [0.25, 0.3) is 0 Å². The number of rotatable bonds is 16. The molecule has 324 valence electrons. The SMILES string of the molecule is COc1ccc(S(=O)(=O)N(Cc2ccncc2)[C@@H](C(=O)NOC(c2ccccc2)(c2ccccc2)c2ccccc2)C2CCN(C(=O)OCCc3cccc4c3OCO4)CC2)cc1. The zero-order chi connectivity index (χ0) is 43.7. The molecule has 0 spiro atoms. The predicted octanol–water partition coefficient (Wildman–Crippen LogP) is 7.51. The zero-order valence-corrected chi connectivity index (χ0v) is 35.6. The summed E-state index contributed by atoms with van der Waals surface area (Å²) in [6.45, 7) is 0.545. The second-order valence-electron chi connectivity index (χ2n) is 15.2. The molecule has 1 N–H and O–H groups in total. The van der Waals surface area contributed by atoms with E-state index in [4.69, 9.17) is 23.8 Å². The van der Waals surface area contributed by atoms with Gasteiger partial charge in [-0.3, -0.25) is 14.6 Å². The van der Waals surface area contributed by atoms with Crippen LogP contribution in [-0.2, 0) is 43.0 Å². The summed E-state index contributed by atoms with van der Waals surface area (Å²) in [5, 5.41) is 0. The van der Waals surface area contributed by atoms with Crippen LogP contribution in [0.1, 0.15) is 40.7 Å². The molecule has 0 aliphatic carbocycles. The molecule has 0 unspecified atom stereocenters. The van der Waals surface area contributed by atoms with E-state index in [1.165, 1.54) is 23.5 Å². The van der Waals surface area contributed by atoms with Gasteiger partial charge in [-0.15, -0.1) is 0 Å². The minimum atomic E-state index is -4.38. The number of hydroxylamine groups is 1. The Labute approximate surface area is 367 Å². The van der Waals surface area contributed by atoms with E-state index >= 15 is 13.2 Å². The molecule has 13 nitrogen and oxygen atoms in total. The van der Waals surface area contributed by atoms with Crippen LogP contribution in [0.3, 0.4) is 0 Å². The van der Waals surface area contributed by atoms with Crippen LogP contribution in [0.2, 0.25) is 0 Å². The molecule has 2 aliphatic rings. The van der Waals surface area contributed by atoms with Gasteiger partial charge in [-0.2, -0.15) is 4.31 Å². The van der Waals surface area contributed by atoms with Gasteiger partial charge in [-0.25, -0.2) is 18.7 Å². The molecule has 0 bridgehead atoms. The van der Waals surface area contributed by atoms with Crippen LogP contribution in [0, 0.1) is 5.92 Å². The maximum absolute atomic E-state index is 15.3. The highest BCUT2D eigenvalue weighted by Gasteiger charge is 2.45. The molecule has 1 atom stereocenters. The quantitative estimate of drug-likeness (QED) is 0.0767. The molecule has 2 amide bonds. The normalized spacial score (nSPS) is 14.5. The number of para-hydroxylation sites is 1. The van der Waals surface area contributed by atoms with Gasteiger partial charge in [-0.1, -0.05) is 103 Å². The number of amides is 2. The van der Waals surface area contributed by atoms with Crippen molar-refractivity contribution in [3.05, 3.63) is 186 Å². The number of benzene rings is 5. The van der Waals surface area contributed by atoms with Crippen LogP contribution in [-0.4, -0.2) is 74.2 Å². The predicted molar refractivity (Wildman–Crippen MR) is 234 cm³/mol. The molecule has 14 heteroatoms. The van der Waals surface area contributed by atoms with Gasteiger partial charge in [-0.05, 0) is 83.5 Å². The number of sulfonamides is 1. The Balaban J connectivity index is 1.11. The fourth-order valence-electron chi connectivity index (χ4n) is 8.27. The van der Waals surface area contributed by atoms with E-state index in [0.717, 1.165) is 22.3 Å². The van der Waals surface area contributed by atoms with Crippen LogP contribution >= 0.6 is 0 Å². The first kappa shape index (κ1) is 42.9. The zero-order valence-electron chi connectivity index (χ0n) is 34.7. The van der Waals surface area contributed by atoms with E-state index in [2.05, 4.69) is 10.5 Å². The van der Waals surface area contributed by atoms with Crippen LogP contribution in [0.4, 0.5) is 4.79 Å². The van der Waals surface area contributed by atoms with Gasteiger partial charge in [0, 0.05) is 44.0 Å². The minimum Gasteiger partial charge on any atom is -0.497 e. The Morgan fingerprint density at radius 2 is 1.40 bits per heavy atom. The molecule has 63 heavy (non-hydrogen) atoms. The standard InChI is InChI=1S/C49H48N4O9S/c1-58-42-20-22-43(23-21-42)63(56,57)53(34-36-24-29-50-30-25-36)45(37-26-31-52(32-27-37)48(55)59-33-28-38-12-11-19-44-46(38)61-35-60-44)47(54)51-62-49(39-13-5-2-6-14-39,40-15-7-3-8-16-40)41-17-9-4-10-18-41/h2-25,29-30,37,45H,26-28,31-35H2,1H3,(H,51,54)/t45-/m1/s1. The number of piperidine rings is 1. The first-order valence-corrected chi connectivity index (χ1v) is 22.2. The van der Waals surface area contributed by atoms with Crippen LogP contribution in [0.15, 0.2) is 163 Å². The number of likely N-dealkylation sites (tertiary alicyclic amines) is 1. The van der Waals surface area contributed by atoms with Gasteiger partial charge >= 0.3 is 6.09 Å². The fourth-order valence-corrected chi connectivity index (χ4v) is 9.91. The lowest BCUT2D eigenvalue weighted by Gasteiger charge is -2.40. The lowest BCUT2D eigenvalue weighted by Crippen LogP contribution is -2.56. The Morgan fingerprint density at radius 3 is 1.98 bits per heavy atom. The average molecular weight is 869 g/mol. The summed E-state index contributed by atoms with van der Waals surface area (Å²) in [5.41, 5.74) is 5.18. The molecule has 2 aliphatic heterocycles. The lowest BCUT2D eigenvalue weighted by molar-refractivity contribution is -0.150. The Morgan fingerprint density at radius 1 is 0.794 bits per heavy atom. The summed E-state index contributed by atoms with van der Waals surface area (Å²) in [4.78, 5) is 41.2. The number of carbonyl (C=O) groups is 2.